The van der Waals surface area contributed by atoms with Gasteiger partial charge in [0.05, 0.1) is 0 Å². The van der Waals surface area contributed by atoms with Gasteiger partial charge in [0.25, 0.3) is 0 Å². The zero-order chi connectivity index (χ0) is 14.6. The molecule has 0 aliphatic heterocycles. The van der Waals surface area contributed by atoms with Crippen LogP contribution < -0.4 is 11.1 Å². The van der Waals surface area contributed by atoms with E-state index in [2.05, 4.69) is 5.32 Å². The molecule has 0 aromatic carbocycles. The molecule has 0 radical (unpaired) electrons. The Hall–Kier alpha value is -0.0231. The first-order chi connectivity index (χ1) is 9.17. The summed E-state index contributed by atoms with van der Waals surface area (Å²) in [5.41, 5.74) is 5.46. The lowest BCUT2D eigenvalue weighted by Gasteiger charge is -2.28. The molecule has 0 bridgehead atoms. The molecule has 0 amide bonds. The molecular formula is C12H30N2O4Si. The number of nitrogens with two attached hydrogens (primary N) is 1. The van der Waals surface area contributed by atoms with Crippen molar-refractivity contribution in [3.63, 3.8) is 0 Å². The minimum atomic E-state index is -2.96. The van der Waals surface area contributed by atoms with E-state index in [1.807, 2.05) is 6.92 Å². The van der Waals surface area contributed by atoms with Crippen molar-refractivity contribution in [2.24, 2.45) is 5.73 Å². The second-order valence-corrected chi connectivity index (χ2v) is 6.74. The van der Waals surface area contributed by atoms with Gasteiger partial charge in [-0.3, -0.25) is 5.32 Å². The third-order valence-electron chi connectivity index (χ3n) is 2.91. The summed E-state index contributed by atoms with van der Waals surface area (Å²) < 4.78 is 21.5. The van der Waals surface area contributed by atoms with Gasteiger partial charge in [-0.25, -0.2) is 0 Å². The lowest BCUT2D eigenvalue weighted by atomic mass is 10.2. The molecule has 0 aromatic rings. The Bertz CT molecular complexity index is 198. The van der Waals surface area contributed by atoms with Gasteiger partial charge < -0.3 is 23.4 Å². The summed E-state index contributed by atoms with van der Waals surface area (Å²) in [5, 5.41) is 3.35. The number of nitrogens with one attached hydrogen (secondary N) is 1. The van der Waals surface area contributed by atoms with E-state index >= 15 is 0 Å². The van der Waals surface area contributed by atoms with Crippen LogP contribution in [0.5, 0.6) is 0 Å². The van der Waals surface area contributed by atoms with E-state index in [0.717, 1.165) is 32.4 Å². The van der Waals surface area contributed by atoms with Crippen LogP contribution in [0, 0.1) is 0 Å². The summed E-state index contributed by atoms with van der Waals surface area (Å²) in [5.74, 6) is 0. The summed E-state index contributed by atoms with van der Waals surface area (Å²) in [6.45, 7) is 3.73. The van der Waals surface area contributed by atoms with Gasteiger partial charge >= 0.3 is 9.05 Å². The van der Waals surface area contributed by atoms with Crippen molar-refractivity contribution in [1.82, 2.24) is 5.32 Å². The number of rotatable bonds is 13. The van der Waals surface area contributed by atoms with Crippen molar-refractivity contribution in [3.8, 4) is 0 Å². The molecule has 3 N–H and O–H groups in total. The SMILES string of the molecule is CCC(NCCCCCCN)O[Si](OC)(OC)OC. The predicted molar refractivity (Wildman–Crippen MR) is 77.5 cm³/mol. The molecule has 19 heavy (non-hydrogen) atoms. The van der Waals surface area contributed by atoms with E-state index in [-0.39, 0.29) is 6.23 Å². The zero-order valence-electron chi connectivity index (χ0n) is 12.7. The van der Waals surface area contributed by atoms with Crippen LogP contribution in [0.1, 0.15) is 39.0 Å². The fraction of sp³-hybridized carbons (Fsp3) is 1.00. The van der Waals surface area contributed by atoms with Crippen LogP contribution in [0.4, 0.5) is 0 Å². The Morgan fingerprint density at radius 1 is 1.00 bits per heavy atom. The largest absolute Gasteiger partial charge is 0.680 e. The Balaban J connectivity index is 3.93. The average Bonchev–Trinajstić information content (AvgIpc) is 2.46. The van der Waals surface area contributed by atoms with Gasteiger partial charge in [-0.2, -0.15) is 0 Å². The van der Waals surface area contributed by atoms with Gasteiger partial charge in [0.2, 0.25) is 0 Å². The molecule has 6 nitrogen and oxygen atoms in total. The van der Waals surface area contributed by atoms with Crippen molar-refractivity contribution < 1.29 is 17.7 Å². The standard InChI is InChI=1S/C12H30N2O4Si/c1-5-12(14-11-9-7-6-8-10-13)18-19(15-2,16-3)17-4/h12,14H,5-11,13H2,1-4H3. The fourth-order valence-corrected chi connectivity index (χ4v) is 3.11. The molecule has 0 saturated carbocycles. The van der Waals surface area contributed by atoms with Crippen molar-refractivity contribution in [1.29, 1.82) is 0 Å². The Labute approximate surface area is 118 Å². The maximum Gasteiger partial charge on any atom is 0.680 e. The van der Waals surface area contributed by atoms with Gasteiger partial charge in [-0.1, -0.05) is 19.8 Å². The minimum Gasteiger partial charge on any atom is -0.355 e. The second kappa shape index (κ2) is 11.8. The molecule has 116 valence electrons. The molecule has 0 heterocycles. The van der Waals surface area contributed by atoms with E-state index in [0.29, 0.717) is 0 Å². The quantitative estimate of drug-likeness (QED) is 0.302. The summed E-state index contributed by atoms with van der Waals surface area (Å²) in [6.07, 6.45) is 5.29. The summed E-state index contributed by atoms with van der Waals surface area (Å²) in [7, 11) is 1.66. The zero-order valence-corrected chi connectivity index (χ0v) is 13.7. The maximum absolute atomic E-state index is 5.80. The van der Waals surface area contributed by atoms with E-state index in [1.54, 1.807) is 21.3 Å². The lowest BCUT2D eigenvalue weighted by Crippen LogP contribution is -2.52. The van der Waals surface area contributed by atoms with Gasteiger partial charge in [-0.15, -0.1) is 0 Å². The predicted octanol–water partition coefficient (Wildman–Crippen LogP) is 1.22. The van der Waals surface area contributed by atoms with Crippen LogP contribution >= 0.6 is 0 Å². The van der Waals surface area contributed by atoms with E-state index in [1.165, 1.54) is 12.8 Å². The molecule has 1 unspecified atom stereocenters. The molecule has 1 atom stereocenters. The fourth-order valence-electron chi connectivity index (χ4n) is 1.72. The summed E-state index contributed by atoms with van der Waals surface area (Å²) in [4.78, 5) is 0. The Morgan fingerprint density at radius 3 is 2.05 bits per heavy atom. The van der Waals surface area contributed by atoms with E-state index in [9.17, 15) is 0 Å². The van der Waals surface area contributed by atoms with Crippen LogP contribution in [-0.4, -0.2) is 49.7 Å². The highest BCUT2D eigenvalue weighted by molar-refractivity contribution is 6.53. The normalized spacial score (nSPS) is 13.7. The highest BCUT2D eigenvalue weighted by Gasteiger charge is 2.44. The number of hydrogen-bond acceptors (Lipinski definition) is 6. The van der Waals surface area contributed by atoms with E-state index < -0.39 is 9.05 Å². The first-order valence-corrected chi connectivity index (χ1v) is 8.58. The lowest BCUT2D eigenvalue weighted by molar-refractivity contribution is -0.0326. The highest BCUT2D eigenvalue weighted by Crippen LogP contribution is 2.12. The Morgan fingerprint density at radius 2 is 1.58 bits per heavy atom. The maximum atomic E-state index is 5.80. The molecular weight excluding hydrogens is 264 g/mol. The first-order valence-electron chi connectivity index (χ1n) is 6.94. The van der Waals surface area contributed by atoms with Crippen molar-refractivity contribution in [2.45, 2.75) is 45.3 Å². The van der Waals surface area contributed by atoms with Gasteiger partial charge in [0.15, 0.2) is 0 Å². The van der Waals surface area contributed by atoms with Crippen molar-refractivity contribution in [3.05, 3.63) is 0 Å². The molecule has 0 aliphatic carbocycles. The smallest absolute Gasteiger partial charge is 0.355 e. The average molecular weight is 294 g/mol. The Kier molecular flexibility index (Phi) is 11.8. The van der Waals surface area contributed by atoms with Crippen molar-refractivity contribution >= 4 is 9.05 Å². The van der Waals surface area contributed by atoms with Crippen LogP contribution in [0.25, 0.3) is 0 Å². The van der Waals surface area contributed by atoms with Gasteiger partial charge in [0.1, 0.15) is 6.23 Å². The number of unbranched alkanes of at least 4 members (excludes halogenated alkanes) is 3. The molecule has 0 aromatic heterocycles. The summed E-state index contributed by atoms with van der Waals surface area (Å²) in [6, 6.07) is 0. The molecule has 0 fully saturated rings. The van der Waals surface area contributed by atoms with Gasteiger partial charge in [0, 0.05) is 21.3 Å². The van der Waals surface area contributed by atoms with Gasteiger partial charge in [-0.05, 0) is 32.4 Å². The van der Waals surface area contributed by atoms with Crippen LogP contribution in [0.3, 0.4) is 0 Å². The van der Waals surface area contributed by atoms with Crippen LogP contribution in [0.15, 0.2) is 0 Å². The molecule has 0 spiro atoms. The van der Waals surface area contributed by atoms with Crippen LogP contribution in [0.2, 0.25) is 0 Å². The first kappa shape index (κ1) is 19.0. The second-order valence-electron chi connectivity index (χ2n) is 4.28. The monoisotopic (exact) mass is 294 g/mol. The third-order valence-corrected chi connectivity index (χ3v) is 4.98. The minimum absolute atomic E-state index is 0.110. The van der Waals surface area contributed by atoms with E-state index in [4.69, 9.17) is 23.4 Å². The number of hydrogen-bond donors (Lipinski definition) is 2. The highest BCUT2D eigenvalue weighted by atomic mass is 28.4. The topological polar surface area (TPSA) is 75.0 Å². The molecule has 0 rings (SSSR count). The van der Waals surface area contributed by atoms with Crippen LogP contribution in [-0.2, 0) is 17.7 Å². The molecule has 0 saturated heterocycles. The third kappa shape index (κ3) is 7.98. The molecule has 0 aliphatic rings. The van der Waals surface area contributed by atoms with Crippen molar-refractivity contribution in [2.75, 3.05) is 34.4 Å². The summed E-state index contributed by atoms with van der Waals surface area (Å²) >= 11 is 0. The molecule has 7 heteroatoms.